The van der Waals surface area contributed by atoms with Crippen molar-refractivity contribution in [3.63, 3.8) is 0 Å². The van der Waals surface area contributed by atoms with Crippen LogP contribution in [0.1, 0.15) is 5.56 Å². The van der Waals surface area contributed by atoms with E-state index in [9.17, 15) is 5.26 Å². The van der Waals surface area contributed by atoms with Gasteiger partial charge in [-0.05, 0) is 30.3 Å². The topological polar surface area (TPSA) is 99.1 Å². The molecule has 0 radical (unpaired) electrons. The third-order valence-corrected chi connectivity index (χ3v) is 5.33. The van der Waals surface area contributed by atoms with Crippen LogP contribution in [0.2, 0.25) is 0 Å². The molecule has 0 amide bonds. The summed E-state index contributed by atoms with van der Waals surface area (Å²) in [7, 11) is 1.65. The first-order valence-corrected chi connectivity index (χ1v) is 9.72. The average Bonchev–Trinajstić information content (AvgIpc) is 3.29. The summed E-state index contributed by atoms with van der Waals surface area (Å²) < 4.78 is 10.9. The van der Waals surface area contributed by atoms with E-state index in [4.69, 9.17) is 14.5 Å². The van der Waals surface area contributed by atoms with E-state index in [-0.39, 0.29) is 0 Å². The second kappa shape index (κ2) is 7.54. The molecule has 0 bridgehead atoms. The highest BCUT2D eigenvalue weighted by Crippen LogP contribution is 2.35. The summed E-state index contributed by atoms with van der Waals surface area (Å²) in [5.41, 5.74) is 3.91. The van der Waals surface area contributed by atoms with E-state index < -0.39 is 0 Å². The van der Waals surface area contributed by atoms with Gasteiger partial charge in [-0.1, -0.05) is 6.07 Å². The summed E-state index contributed by atoms with van der Waals surface area (Å²) in [5.74, 6) is 1.39. The number of ether oxygens (including phenoxy) is 2. The van der Waals surface area contributed by atoms with Crippen molar-refractivity contribution < 1.29 is 9.47 Å². The zero-order chi connectivity index (χ0) is 20.5. The number of rotatable bonds is 4. The number of aromatic amines is 1. The molecule has 2 aromatic carbocycles. The molecule has 150 valence electrons. The largest absolute Gasteiger partial charge is 0.496 e. The van der Waals surface area contributed by atoms with Crippen molar-refractivity contribution in [1.82, 2.24) is 15.2 Å². The van der Waals surface area contributed by atoms with Gasteiger partial charge in [0.25, 0.3) is 0 Å². The molecule has 0 unspecified atom stereocenters. The van der Waals surface area contributed by atoms with Crippen LogP contribution in [0.3, 0.4) is 0 Å². The minimum absolute atomic E-state index is 0.616. The molecule has 8 nitrogen and oxygen atoms in total. The van der Waals surface area contributed by atoms with Crippen molar-refractivity contribution in [2.45, 2.75) is 0 Å². The molecule has 8 heteroatoms. The third kappa shape index (κ3) is 3.06. The number of nitriles is 1. The van der Waals surface area contributed by atoms with Crippen molar-refractivity contribution in [3.05, 3.63) is 48.2 Å². The van der Waals surface area contributed by atoms with Gasteiger partial charge in [-0.25, -0.2) is 4.98 Å². The maximum Gasteiger partial charge on any atom is 0.157 e. The summed E-state index contributed by atoms with van der Waals surface area (Å²) in [6, 6.07) is 13.9. The maximum atomic E-state index is 9.70. The molecule has 5 rings (SSSR count). The second-order valence-electron chi connectivity index (χ2n) is 7.04. The molecule has 1 aliphatic heterocycles. The lowest BCUT2D eigenvalue weighted by molar-refractivity contribution is 0.122. The first-order chi connectivity index (χ1) is 14.8. The number of benzene rings is 2. The Hall–Kier alpha value is -3.83. The molecule has 2 aromatic heterocycles. The van der Waals surface area contributed by atoms with Gasteiger partial charge in [0, 0.05) is 24.2 Å². The van der Waals surface area contributed by atoms with Gasteiger partial charge in [0.2, 0.25) is 0 Å². The predicted octanol–water partition coefficient (Wildman–Crippen LogP) is 3.57. The van der Waals surface area contributed by atoms with Crippen LogP contribution in [-0.4, -0.2) is 48.6 Å². The van der Waals surface area contributed by atoms with E-state index in [1.807, 2.05) is 36.4 Å². The Kier molecular flexibility index (Phi) is 4.58. The molecule has 0 saturated carbocycles. The van der Waals surface area contributed by atoms with Crippen LogP contribution >= 0.6 is 0 Å². The molecule has 3 heterocycles. The van der Waals surface area contributed by atoms with Crippen LogP contribution in [0.4, 0.5) is 17.2 Å². The fourth-order valence-electron chi connectivity index (χ4n) is 3.90. The summed E-state index contributed by atoms with van der Waals surface area (Å²) >= 11 is 0. The maximum absolute atomic E-state index is 9.70. The van der Waals surface area contributed by atoms with Crippen LogP contribution < -0.4 is 15.0 Å². The standard InChI is InChI=1S/C22H20N6O2/c1-29-19-4-2-3-17-20(19)16-13-24-27-21(16)22(26-17)25-15-5-6-18(14(11-15)12-23)28-7-9-30-10-8-28/h2-6,11,13H,7-10H2,1H3,(H,24,27)(H,25,26). The molecule has 2 N–H and O–H groups in total. The highest BCUT2D eigenvalue weighted by Gasteiger charge is 2.17. The number of H-pyrrole nitrogens is 1. The first-order valence-electron chi connectivity index (χ1n) is 9.72. The Morgan fingerprint density at radius 1 is 1.23 bits per heavy atom. The summed E-state index contributed by atoms with van der Waals surface area (Å²) in [6.45, 7) is 2.91. The smallest absolute Gasteiger partial charge is 0.157 e. The number of pyridine rings is 1. The quantitative estimate of drug-likeness (QED) is 0.540. The number of methoxy groups -OCH3 is 1. The van der Waals surface area contributed by atoms with E-state index in [0.29, 0.717) is 24.6 Å². The molecule has 1 saturated heterocycles. The number of hydrogen-bond acceptors (Lipinski definition) is 7. The van der Waals surface area contributed by atoms with Gasteiger partial charge in [-0.3, -0.25) is 5.10 Å². The number of morpholine rings is 1. The lowest BCUT2D eigenvalue weighted by Crippen LogP contribution is -2.36. The number of hydrogen-bond donors (Lipinski definition) is 2. The lowest BCUT2D eigenvalue weighted by Gasteiger charge is -2.29. The zero-order valence-corrected chi connectivity index (χ0v) is 16.5. The first kappa shape index (κ1) is 18.2. The Labute approximate surface area is 173 Å². The molecular formula is C22H20N6O2. The van der Waals surface area contributed by atoms with E-state index in [2.05, 4.69) is 26.5 Å². The molecule has 4 aromatic rings. The zero-order valence-electron chi connectivity index (χ0n) is 16.5. The van der Waals surface area contributed by atoms with Gasteiger partial charge < -0.3 is 19.7 Å². The fraction of sp³-hybridized carbons (Fsp3) is 0.227. The molecule has 1 aliphatic rings. The monoisotopic (exact) mass is 400 g/mol. The van der Waals surface area contributed by atoms with Crippen LogP contribution in [0.5, 0.6) is 5.75 Å². The van der Waals surface area contributed by atoms with Gasteiger partial charge in [0.05, 0.1) is 48.7 Å². The van der Waals surface area contributed by atoms with E-state index in [1.54, 1.807) is 13.3 Å². The van der Waals surface area contributed by atoms with Gasteiger partial charge in [-0.15, -0.1) is 0 Å². The molecule has 0 aliphatic carbocycles. The Balaban J connectivity index is 1.55. The highest BCUT2D eigenvalue weighted by atomic mass is 16.5. The molecule has 30 heavy (non-hydrogen) atoms. The summed E-state index contributed by atoms with van der Waals surface area (Å²) in [6.07, 6.45) is 1.77. The lowest BCUT2D eigenvalue weighted by atomic mass is 10.1. The molecular weight excluding hydrogens is 380 g/mol. The number of fused-ring (bicyclic) bond motifs is 3. The van der Waals surface area contributed by atoms with Crippen LogP contribution in [0, 0.1) is 11.3 Å². The Bertz CT molecular complexity index is 1270. The van der Waals surface area contributed by atoms with Crippen molar-refractivity contribution in [2.24, 2.45) is 0 Å². The minimum atomic E-state index is 0.616. The number of nitrogens with zero attached hydrogens (tertiary/aromatic N) is 4. The number of anilines is 3. The molecule has 1 fully saturated rings. The Morgan fingerprint density at radius 2 is 2.10 bits per heavy atom. The van der Waals surface area contributed by atoms with Crippen molar-refractivity contribution in [1.29, 1.82) is 5.26 Å². The third-order valence-electron chi connectivity index (χ3n) is 5.33. The second-order valence-corrected chi connectivity index (χ2v) is 7.04. The average molecular weight is 400 g/mol. The van der Waals surface area contributed by atoms with Crippen LogP contribution in [0.15, 0.2) is 42.6 Å². The van der Waals surface area contributed by atoms with Gasteiger partial charge in [0.15, 0.2) is 5.82 Å². The summed E-state index contributed by atoms with van der Waals surface area (Å²) in [4.78, 5) is 6.96. The molecule has 0 atom stereocenters. The SMILES string of the molecule is COc1cccc2nc(Nc3ccc(N4CCOCC4)c(C#N)c3)c3[nH]ncc3c12. The normalized spacial score (nSPS) is 14.1. The Morgan fingerprint density at radius 3 is 2.90 bits per heavy atom. The van der Waals surface area contributed by atoms with Crippen LogP contribution in [-0.2, 0) is 4.74 Å². The van der Waals surface area contributed by atoms with E-state index >= 15 is 0 Å². The van der Waals surface area contributed by atoms with Crippen molar-refractivity contribution >= 4 is 39.0 Å². The van der Waals surface area contributed by atoms with Gasteiger partial charge in [0.1, 0.15) is 17.3 Å². The van der Waals surface area contributed by atoms with Crippen molar-refractivity contribution in [2.75, 3.05) is 43.6 Å². The summed E-state index contributed by atoms with van der Waals surface area (Å²) in [5, 5.41) is 22.1. The number of nitrogens with one attached hydrogen (secondary N) is 2. The van der Waals surface area contributed by atoms with E-state index in [0.717, 1.165) is 52.0 Å². The predicted molar refractivity (Wildman–Crippen MR) is 115 cm³/mol. The number of aromatic nitrogens is 3. The fourth-order valence-corrected chi connectivity index (χ4v) is 3.90. The van der Waals surface area contributed by atoms with Crippen molar-refractivity contribution in [3.8, 4) is 11.8 Å². The van der Waals surface area contributed by atoms with Crippen LogP contribution in [0.25, 0.3) is 21.8 Å². The highest BCUT2D eigenvalue weighted by molar-refractivity contribution is 6.11. The molecule has 0 spiro atoms. The van der Waals surface area contributed by atoms with Gasteiger partial charge >= 0.3 is 0 Å². The van der Waals surface area contributed by atoms with Gasteiger partial charge in [-0.2, -0.15) is 10.4 Å². The van der Waals surface area contributed by atoms with E-state index in [1.165, 1.54) is 0 Å². The minimum Gasteiger partial charge on any atom is -0.496 e.